The summed E-state index contributed by atoms with van der Waals surface area (Å²) in [5.41, 5.74) is 5.39. The number of carbonyl (C=O) groups excluding carboxylic acids is 2. The van der Waals surface area contributed by atoms with Crippen LogP contribution in [0.4, 0.5) is 5.69 Å². The van der Waals surface area contributed by atoms with Gasteiger partial charge >= 0.3 is 0 Å². The Kier molecular flexibility index (Phi) is 5.86. The molecule has 1 saturated heterocycles. The number of imide groups is 1. The minimum atomic E-state index is -0.161. The fraction of sp³-hybridized carbons (Fsp3) is 0.385. The molecule has 0 atom stereocenters. The zero-order valence-electron chi connectivity index (χ0n) is 18.9. The van der Waals surface area contributed by atoms with Crippen LogP contribution in [0, 0.1) is 19.8 Å². The Morgan fingerprint density at radius 1 is 0.839 bits per heavy atom. The minimum Gasteiger partial charge on any atom is -0.368 e. The molecule has 5 nitrogen and oxygen atoms in total. The van der Waals surface area contributed by atoms with E-state index in [1.54, 1.807) is 0 Å². The lowest BCUT2D eigenvalue weighted by molar-refractivity contribution is -0.138. The third-order valence-electron chi connectivity index (χ3n) is 6.06. The number of hydrogen-bond donors (Lipinski definition) is 0. The summed E-state index contributed by atoms with van der Waals surface area (Å²) >= 11 is 0. The number of aryl methyl sites for hydroxylation is 2. The first-order valence-corrected chi connectivity index (χ1v) is 11.1. The highest BCUT2D eigenvalue weighted by molar-refractivity contribution is 6.35. The van der Waals surface area contributed by atoms with E-state index in [4.69, 9.17) is 0 Å². The molecule has 2 aliphatic rings. The Bertz CT molecular complexity index is 1020. The Morgan fingerprint density at radius 2 is 1.48 bits per heavy atom. The Morgan fingerprint density at radius 3 is 2.10 bits per heavy atom. The fourth-order valence-electron chi connectivity index (χ4n) is 4.55. The summed E-state index contributed by atoms with van der Waals surface area (Å²) < 4.78 is 0. The topological polar surface area (TPSA) is 43.9 Å². The number of anilines is 1. The smallest absolute Gasteiger partial charge is 0.277 e. The van der Waals surface area contributed by atoms with Gasteiger partial charge in [0.1, 0.15) is 5.70 Å². The molecule has 2 aromatic carbocycles. The van der Waals surface area contributed by atoms with E-state index in [1.807, 2.05) is 58.0 Å². The van der Waals surface area contributed by atoms with Gasteiger partial charge in [-0.15, -0.1) is 0 Å². The van der Waals surface area contributed by atoms with Gasteiger partial charge in [0.2, 0.25) is 0 Å². The lowest BCUT2D eigenvalue weighted by Gasteiger charge is -2.37. The highest BCUT2D eigenvalue weighted by Gasteiger charge is 2.42. The summed E-state index contributed by atoms with van der Waals surface area (Å²) in [6, 6.07) is 16.4. The van der Waals surface area contributed by atoms with Crippen LogP contribution in [-0.4, -0.2) is 54.3 Å². The highest BCUT2D eigenvalue weighted by Crippen LogP contribution is 2.34. The largest absolute Gasteiger partial charge is 0.368 e. The van der Waals surface area contributed by atoms with E-state index in [0.29, 0.717) is 30.9 Å². The van der Waals surface area contributed by atoms with Gasteiger partial charge in [-0.2, -0.15) is 0 Å². The number of para-hydroxylation sites is 1. The molecular weight excluding hydrogens is 386 g/mol. The minimum absolute atomic E-state index is 0.151. The van der Waals surface area contributed by atoms with Crippen LogP contribution in [0.2, 0.25) is 0 Å². The molecule has 31 heavy (non-hydrogen) atoms. The Labute approximate surface area is 184 Å². The van der Waals surface area contributed by atoms with E-state index in [2.05, 4.69) is 28.0 Å². The predicted octanol–water partition coefficient (Wildman–Crippen LogP) is 3.86. The number of hydrogen-bond acceptors (Lipinski definition) is 4. The van der Waals surface area contributed by atoms with Crippen LogP contribution >= 0.6 is 0 Å². The maximum atomic E-state index is 13.5. The average Bonchev–Trinajstić information content (AvgIpc) is 2.99. The second kappa shape index (κ2) is 8.58. The van der Waals surface area contributed by atoms with Gasteiger partial charge in [0.05, 0.1) is 5.57 Å². The molecule has 0 aliphatic carbocycles. The van der Waals surface area contributed by atoms with E-state index in [0.717, 1.165) is 29.8 Å². The highest BCUT2D eigenvalue weighted by atomic mass is 16.2. The summed E-state index contributed by atoms with van der Waals surface area (Å²) in [5.74, 6) is -0.0875. The molecule has 5 heteroatoms. The van der Waals surface area contributed by atoms with Crippen molar-refractivity contribution < 1.29 is 9.59 Å². The van der Waals surface area contributed by atoms with Gasteiger partial charge in [-0.1, -0.05) is 55.8 Å². The molecule has 2 aromatic rings. The maximum Gasteiger partial charge on any atom is 0.277 e. The van der Waals surface area contributed by atoms with Crippen molar-refractivity contribution in [1.82, 2.24) is 9.80 Å². The zero-order chi connectivity index (χ0) is 22.1. The first-order chi connectivity index (χ1) is 14.9. The van der Waals surface area contributed by atoms with E-state index in [-0.39, 0.29) is 17.7 Å². The Hall–Kier alpha value is -3.08. The third kappa shape index (κ3) is 4.09. The van der Waals surface area contributed by atoms with Gasteiger partial charge in [0.15, 0.2) is 0 Å². The molecule has 0 unspecified atom stereocenters. The Balaban J connectivity index is 1.68. The number of nitrogens with zero attached hydrogens (tertiary/aromatic N) is 3. The molecule has 0 aromatic heterocycles. The van der Waals surface area contributed by atoms with Gasteiger partial charge in [-0.05, 0) is 43.0 Å². The van der Waals surface area contributed by atoms with E-state index < -0.39 is 0 Å². The maximum absolute atomic E-state index is 13.5. The van der Waals surface area contributed by atoms with Gasteiger partial charge in [-0.3, -0.25) is 14.5 Å². The zero-order valence-corrected chi connectivity index (χ0v) is 18.9. The van der Waals surface area contributed by atoms with Crippen molar-refractivity contribution in [3.63, 3.8) is 0 Å². The molecule has 2 heterocycles. The summed E-state index contributed by atoms with van der Waals surface area (Å²) in [5, 5.41) is 0. The molecule has 2 aliphatic heterocycles. The van der Waals surface area contributed by atoms with Crippen molar-refractivity contribution in [2.75, 3.05) is 37.6 Å². The van der Waals surface area contributed by atoms with Crippen LogP contribution in [0.15, 0.2) is 54.2 Å². The molecule has 2 amide bonds. The van der Waals surface area contributed by atoms with Crippen molar-refractivity contribution >= 4 is 23.1 Å². The number of carbonyl (C=O) groups is 2. The van der Waals surface area contributed by atoms with Crippen LogP contribution in [0.5, 0.6) is 0 Å². The number of benzene rings is 2. The summed E-state index contributed by atoms with van der Waals surface area (Å²) in [7, 11) is 0. The first-order valence-electron chi connectivity index (χ1n) is 11.1. The summed E-state index contributed by atoms with van der Waals surface area (Å²) in [6.45, 7) is 11.6. The van der Waals surface area contributed by atoms with Gasteiger partial charge < -0.3 is 9.80 Å². The van der Waals surface area contributed by atoms with Crippen molar-refractivity contribution in [1.29, 1.82) is 0 Å². The SMILES string of the molecule is Cc1ccc(C2=C(N3CCN(c4ccccc4)CC3)C(=O)N(CC(C)C)C2=O)c(C)c1. The predicted molar refractivity (Wildman–Crippen MR) is 125 cm³/mol. The van der Waals surface area contributed by atoms with E-state index in [9.17, 15) is 9.59 Å². The average molecular weight is 418 g/mol. The molecule has 0 N–H and O–H groups in total. The van der Waals surface area contributed by atoms with Crippen molar-refractivity contribution in [2.45, 2.75) is 27.7 Å². The van der Waals surface area contributed by atoms with E-state index in [1.165, 1.54) is 10.6 Å². The van der Waals surface area contributed by atoms with Gasteiger partial charge in [-0.25, -0.2) is 0 Å². The summed E-state index contributed by atoms with van der Waals surface area (Å²) in [6.07, 6.45) is 0. The van der Waals surface area contributed by atoms with Crippen molar-refractivity contribution in [3.8, 4) is 0 Å². The fourth-order valence-corrected chi connectivity index (χ4v) is 4.55. The standard InChI is InChI=1S/C26H31N3O2/c1-18(2)17-29-25(30)23(22-11-10-19(3)16-20(22)4)24(26(29)31)28-14-12-27(13-15-28)21-8-6-5-7-9-21/h5-11,16,18H,12-15,17H2,1-4H3. The third-order valence-corrected chi connectivity index (χ3v) is 6.06. The molecular formula is C26H31N3O2. The van der Waals surface area contributed by atoms with Crippen LogP contribution in [0.3, 0.4) is 0 Å². The van der Waals surface area contributed by atoms with Crippen LogP contribution in [-0.2, 0) is 9.59 Å². The van der Waals surface area contributed by atoms with Crippen LogP contribution in [0.25, 0.3) is 5.57 Å². The molecule has 0 spiro atoms. The summed E-state index contributed by atoms with van der Waals surface area (Å²) in [4.78, 5) is 32.8. The lowest BCUT2D eigenvalue weighted by Crippen LogP contribution is -2.47. The molecule has 0 saturated carbocycles. The number of piperazine rings is 1. The molecule has 1 fully saturated rings. The second-order valence-electron chi connectivity index (χ2n) is 8.97. The molecule has 4 rings (SSSR count). The molecule has 0 bridgehead atoms. The lowest BCUT2D eigenvalue weighted by atomic mass is 9.97. The quantitative estimate of drug-likeness (QED) is 0.693. The normalized spacial score (nSPS) is 17.4. The monoisotopic (exact) mass is 417 g/mol. The van der Waals surface area contributed by atoms with Gasteiger partial charge in [0, 0.05) is 38.4 Å². The first kappa shape index (κ1) is 21.2. The second-order valence-corrected chi connectivity index (χ2v) is 8.97. The number of rotatable bonds is 5. The van der Waals surface area contributed by atoms with Gasteiger partial charge in [0.25, 0.3) is 11.8 Å². The van der Waals surface area contributed by atoms with Crippen LogP contribution in [0.1, 0.15) is 30.5 Å². The number of amides is 2. The van der Waals surface area contributed by atoms with Crippen molar-refractivity contribution in [2.24, 2.45) is 5.92 Å². The molecule has 162 valence electrons. The molecule has 0 radical (unpaired) electrons. The van der Waals surface area contributed by atoms with Crippen molar-refractivity contribution in [3.05, 3.63) is 70.9 Å². The van der Waals surface area contributed by atoms with Crippen LogP contribution < -0.4 is 4.90 Å². The van der Waals surface area contributed by atoms with E-state index >= 15 is 0 Å².